The average molecular weight is 766 g/mol. The summed E-state index contributed by atoms with van der Waals surface area (Å²) in [4.78, 5) is 44.8. The molecule has 0 bridgehead atoms. The quantitative estimate of drug-likeness (QED) is 0.0357. The van der Waals surface area contributed by atoms with Crippen molar-refractivity contribution in [2.75, 3.05) is 26.3 Å². The Morgan fingerprint density at radius 2 is 1.45 bits per heavy atom. The van der Waals surface area contributed by atoms with Crippen LogP contribution >= 0.6 is 0 Å². The van der Waals surface area contributed by atoms with Gasteiger partial charge >= 0.3 is 11.9 Å². The molecule has 2 saturated heterocycles. The second-order valence-corrected chi connectivity index (χ2v) is 16.2. The minimum atomic E-state index is -0.281. The summed E-state index contributed by atoms with van der Waals surface area (Å²) in [6.07, 6.45) is 24.9. The van der Waals surface area contributed by atoms with Crippen LogP contribution in [0.25, 0.3) is 0 Å². The highest BCUT2D eigenvalue weighted by Crippen LogP contribution is 2.39. The van der Waals surface area contributed by atoms with Gasteiger partial charge in [0, 0.05) is 30.5 Å². The molecule has 55 heavy (non-hydrogen) atoms. The zero-order valence-corrected chi connectivity index (χ0v) is 34.0. The Hall–Kier alpha value is -3.77. The van der Waals surface area contributed by atoms with Crippen molar-refractivity contribution in [3.8, 4) is 0 Å². The summed E-state index contributed by atoms with van der Waals surface area (Å²) in [6.45, 7) is 6.36. The summed E-state index contributed by atoms with van der Waals surface area (Å²) >= 11 is 0. The molecule has 5 aliphatic heterocycles. The number of rotatable bonds is 25. The topological polar surface area (TPSA) is 186 Å². The van der Waals surface area contributed by atoms with Gasteiger partial charge in [-0.15, -0.1) is 0 Å². The number of unbranched alkanes of at least 4 members (excludes halogenated alkanes) is 13. The first-order valence-electron chi connectivity index (χ1n) is 21.9. The van der Waals surface area contributed by atoms with Gasteiger partial charge in [-0.3, -0.25) is 4.99 Å². The number of carbonyl (C=O) groups is 2. The first kappa shape index (κ1) is 42.4. The van der Waals surface area contributed by atoms with Crippen LogP contribution in [0.4, 0.5) is 0 Å². The third-order valence-electron chi connectivity index (χ3n) is 12.0. The van der Waals surface area contributed by atoms with Crippen molar-refractivity contribution >= 4 is 29.8 Å². The largest absolute Gasteiger partial charge is 0.462 e. The molecule has 0 saturated carbocycles. The smallest absolute Gasteiger partial charge is 0.337 e. The Balaban J connectivity index is 0.959. The Labute approximate surface area is 330 Å². The molecule has 0 spiro atoms. The second-order valence-electron chi connectivity index (χ2n) is 16.2. The SMILES string of the molecule is CCCCCCCCC[C@H]1C[C@H]2CC[C@H]3C(C(=O)OCCCCCCCCCC4N=C(N)N5CCCC5=C4C(=O)OCCCCN=C(N)N)=C(C)NC(=N1)N23. The lowest BCUT2D eigenvalue weighted by Crippen LogP contribution is -2.56. The van der Waals surface area contributed by atoms with E-state index in [1.54, 1.807) is 0 Å². The monoisotopic (exact) mass is 766 g/mol. The Morgan fingerprint density at radius 3 is 2.16 bits per heavy atom. The van der Waals surface area contributed by atoms with Crippen LogP contribution in [0.5, 0.6) is 0 Å². The summed E-state index contributed by atoms with van der Waals surface area (Å²) in [5.74, 6) is 1.10. The minimum Gasteiger partial charge on any atom is -0.462 e. The standard InChI is InChI=1S/C42H71N9O4/c1-3-4-5-6-8-11-14-20-31-29-32-23-24-35-36(30(2)47-42(48-31)51(32)35)38(52)54-27-17-13-10-7-9-12-15-21-33-37(34-22-19-26-50(34)41(45)49-33)39(53)55-28-18-16-25-46-40(43)44/h31-33,35H,3-29H2,1-2H3,(H2,45,49)(H,47,48)(H4,43,44,46)/t31-,32+,33?,35-/m0/s1. The number of nitrogens with zero attached hydrogens (tertiary/aromatic N) is 5. The predicted octanol–water partition coefficient (Wildman–Crippen LogP) is 6.27. The van der Waals surface area contributed by atoms with Crippen LogP contribution in [0.1, 0.15) is 162 Å². The molecule has 0 amide bonds. The first-order valence-corrected chi connectivity index (χ1v) is 21.9. The predicted molar refractivity (Wildman–Crippen MR) is 220 cm³/mol. The molecule has 1 unspecified atom stereocenters. The fourth-order valence-electron chi connectivity index (χ4n) is 9.10. The number of carbonyl (C=O) groups excluding carboxylic acids is 2. The van der Waals surface area contributed by atoms with Crippen molar-refractivity contribution in [1.29, 1.82) is 0 Å². The van der Waals surface area contributed by atoms with Crippen molar-refractivity contribution in [3.63, 3.8) is 0 Å². The number of guanidine groups is 3. The molecule has 0 radical (unpaired) electrons. The molecular formula is C42H71N9O4. The van der Waals surface area contributed by atoms with Crippen molar-refractivity contribution in [2.24, 2.45) is 32.2 Å². The molecule has 0 aromatic carbocycles. The lowest BCUT2D eigenvalue weighted by molar-refractivity contribution is -0.140. The first-order chi connectivity index (χ1) is 26.8. The van der Waals surface area contributed by atoms with E-state index in [0.717, 1.165) is 119 Å². The van der Waals surface area contributed by atoms with Gasteiger partial charge in [0.1, 0.15) is 0 Å². The third kappa shape index (κ3) is 12.1. The molecule has 2 fully saturated rings. The third-order valence-corrected chi connectivity index (χ3v) is 12.0. The lowest BCUT2D eigenvalue weighted by Gasteiger charge is -2.42. The number of allylic oxidation sites excluding steroid dienone is 2. The molecule has 308 valence electrons. The molecule has 0 aromatic rings. The molecule has 0 aromatic heterocycles. The Morgan fingerprint density at radius 1 is 0.818 bits per heavy atom. The summed E-state index contributed by atoms with van der Waals surface area (Å²) in [5.41, 5.74) is 20.5. The average Bonchev–Trinajstić information content (AvgIpc) is 3.82. The Kier molecular flexibility index (Phi) is 17.0. The van der Waals surface area contributed by atoms with Crippen LogP contribution < -0.4 is 22.5 Å². The van der Waals surface area contributed by atoms with Crippen molar-refractivity contribution in [2.45, 2.75) is 186 Å². The van der Waals surface area contributed by atoms with Crippen LogP contribution in [-0.4, -0.2) is 90.1 Å². The maximum atomic E-state index is 13.3. The van der Waals surface area contributed by atoms with E-state index in [0.29, 0.717) is 49.8 Å². The molecule has 7 N–H and O–H groups in total. The van der Waals surface area contributed by atoms with E-state index in [-0.39, 0.29) is 30.0 Å². The van der Waals surface area contributed by atoms with Gasteiger partial charge in [-0.05, 0) is 71.1 Å². The minimum absolute atomic E-state index is 0.0738. The second kappa shape index (κ2) is 22.1. The van der Waals surface area contributed by atoms with E-state index in [1.807, 2.05) is 11.8 Å². The molecule has 4 atom stereocenters. The van der Waals surface area contributed by atoms with Crippen LogP contribution in [0.3, 0.4) is 0 Å². The number of fused-ring (bicyclic) bond motifs is 1. The molecule has 13 nitrogen and oxygen atoms in total. The van der Waals surface area contributed by atoms with Crippen LogP contribution in [-0.2, 0) is 19.1 Å². The van der Waals surface area contributed by atoms with Gasteiger partial charge < -0.3 is 41.8 Å². The fourth-order valence-corrected chi connectivity index (χ4v) is 9.10. The molecule has 13 heteroatoms. The molecular weight excluding hydrogens is 695 g/mol. The molecule has 0 aliphatic carbocycles. The van der Waals surface area contributed by atoms with E-state index in [4.69, 9.17) is 36.7 Å². The number of aliphatic imine (C=N–C) groups is 3. The van der Waals surface area contributed by atoms with Gasteiger partial charge in [-0.1, -0.05) is 90.4 Å². The molecule has 5 heterocycles. The molecule has 5 aliphatic rings. The van der Waals surface area contributed by atoms with Crippen molar-refractivity contribution in [1.82, 2.24) is 15.1 Å². The summed E-state index contributed by atoms with van der Waals surface area (Å²) in [6, 6.07) is 0.665. The Bertz CT molecular complexity index is 1440. The van der Waals surface area contributed by atoms with E-state index < -0.39 is 0 Å². The maximum absolute atomic E-state index is 13.3. The number of nitrogens with two attached hydrogens (primary N) is 3. The highest BCUT2D eigenvalue weighted by Gasteiger charge is 2.46. The summed E-state index contributed by atoms with van der Waals surface area (Å²) in [7, 11) is 0. The highest BCUT2D eigenvalue weighted by molar-refractivity contribution is 5.97. The van der Waals surface area contributed by atoms with Crippen LogP contribution in [0.2, 0.25) is 0 Å². The number of nitrogens with one attached hydrogen (secondary N) is 1. The van der Waals surface area contributed by atoms with Gasteiger partial charge in [-0.2, -0.15) is 0 Å². The number of hydrogen-bond acceptors (Lipinski definition) is 11. The van der Waals surface area contributed by atoms with Crippen molar-refractivity contribution < 1.29 is 19.1 Å². The maximum Gasteiger partial charge on any atom is 0.337 e. The van der Waals surface area contributed by atoms with Gasteiger partial charge in [0.05, 0.1) is 42.5 Å². The lowest BCUT2D eigenvalue weighted by atomic mass is 9.96. The summed E-state index contributed by atoms with van der Waals surface area (Å²) < 4.78 is 11.5. The van der Waals surface area contributed by atoms with E-state index >= 15 is 0 Å². The van der Waals surface area contributed by atoms with Crippen LogP contribution in [0, 0.1) is 0 Å². The number of ether oxygens (including phenoxy) is 2. The molecule has 5 rings (SSSR count). The van der Waals surface area contributed by atoms with Gasteiger partial charge in [0.15, 0.2) is 17.9 Å². The highest BCUT2D eigenvalue weighted by atomic mass is 16.5. The number of esters is 2. The zero-order valence-electron chi connectivity index (χ0n) is 34.0. The van der Waals surface area contributed by atoms with E-state index in [1.165, 1.54) is 51.4 Å². The van der Waals surface area contributed by atoms with Gasteiger partial charge in [0.2, 0.25) is 0 Å². The van der Waals surface area contributed by atoms with Crippen molar-refractivity contribution in [3.05, 3.63) is 22.5 Å². The van der Waals surface area contributed by atoms with E-state index in [2.05, 4.69) is 22.1 Å². The van der Waals surface area contributed by atoms with Gasteiger partial charge in [0.25, 0.3) is 0 Å². The normalized spacial score (nSPS) is 22.9. The van der Waals surface area contributed by atoms with Gasteiger partial charge in [-0.25, -0.2) is 19.6 Å². The fraction of sp³-hybridized carbons (Fsp3) is 0.786. The van der Waals surface area contributed by atoms with E-state index in [9.17, 15) is 9.59 Å². The zero-order chi connectivity index (χ0) is 39.0. The van der Waals surface area contributed by atoms with Crippen LogP contribution in [0.15, 0.2) is 37.5 Å². The number of hydrogen-bond donors (Lipinski definition) is 4. The summed E-state index contributed by atoms with van der Waals surface area (Å²) in [5, 5.41) is 3.50.